The van der Waals surface area contributed by atoms with Gasteiger partial charge in [-0.15, -0.1) is 0 Å². The van der Waals surface area contributed by atoms with Gasteiger partial charge in [-0.3, -0.25) is 0 Å². The molecule has 0 radical (unpaired) electrons. The second kappa shape index (κ2) is 8.83. The molecule has 0 saturated carbocycles. The first-order valence-corrected chi connectivity index (χ1v) is 8.36. The monoisotopic (exact) mass is 347 g/mol. The second-order valence-corrected chi connectivity index (χ2v) is 6.35. The van der Waals surface area contributed by atoms with Crippen LogP contribution in [0.3, 0.4) is 0 Å². The number of aliphatic hydroxyl groups excluding tert-OH is 1. The van der Waals surface area contributed by atoms with Crippen LogP contribution in [0.15, 0.2) is 48.5 Å². The first kappa shape index (κ1) is 18.5. The third-order valence-electron chi connectivity index (χ3n) is 4.05. The fraction of sp³-hybridized carbons (Fsp3) is 0.316. The van der Waals surface area contributed by atoms with Crippen molar-refractivity contribution in [1.29, 1.82) is 0 Å². The minimum absolute atomic E-state index is 0.297. The van der Waals surface area contributed by atoms with Gasteiger partial charge in [0.05, 0.1) is 11.7 Å². The number of nitrogens with two attached hydrogens (primary N) is 1. The van der Waals surface area contributed by atoms with Gasteiger partial charge in [0.15, 0.2) is 0 Å². The second-order valence-electron chi connectivity index (χ2n) is 5.91. The maximum atomic E-state index is 10.8. The number of hydrogen-bond acceptors (Lipinski definition) is 3. The number of halogens is 1. The van der Waals surface area contributed by atoms with Gasteiger partial charge in [0.25, 0.3) is 0 Å². The number of unbranched alkanes of at least 4 members (excludes halogenated alkanes) is 1. The van der Waals surface area contributed by atoms with Crippen molar-refractivity contribution in [2.75, 3.05) is 0 Å². The Morgan fingerprint density at radius 2 is 1.83 bits per heavy atom. The van der Waals surface area contributed by atoms with Crippen molar-refractivity contribution in [3.63, 3.8) is 0 Å². The number of carboxylic acids is 1. The molecule has 2 unspecified atom stereocenters. The molecular weight excluding hydrogens is 326 g/mol. The first-order chi connectivity index (χ1) is 11.5. The lowest BCUT2D eigenvalue weighted by molar-refractivity contribution is 0.0697. The molecule has 24 heavy (non-hydrogen) atoms. The van der Waals surface area contributed by atoms with E-state index >= 15 is 0 Å². The fourth-order valence-corrected chi connectivity index (χ4v) is 2.82. The van der Waals surface area contributed by atoms with Crippen LogP contribution in [0.25, 0.3) is 0 Å². The van der Waals surface area contributed by atoms with E-state index in [1.54, 1.807) is 30.3 Å². The van der Waals surface area contributed by atoms with Gasteiger partial charge in [0.2, 0.25) is 0 Å². The average Bonchev–Trinajstić information content (AvgIpc) is 2.58. The van der Waals surface area contributed by atoms with Gasteiger partial charge >= 0.3 is 5.97 Å². The van der Waals surface area contributed by atoms with Crippen molar-refractivity contribution in [1.82, 2.24) is 0 Å². The smallest absolute Gasteiger partial charge is 0.335 e. The van der Waals surface area contributed by atoms with Gasteiger partial charge in [0.1, 0.15) is 0 Å². The zero-order chi connectivity index (χ0) is 17.5. The molecule has 2 rings (SSSR count). The molecule has 0 fully saturated rings. The lowest BCUT2D eigenvalue weighted by Crippen LogP contribution is -2.28. The Morgan fingerprint density at radius 3 is 2.46 bits per heavy atom. The Hall–Kier alpha value is -1.88. The summed E-state index contributed by atoms with van der Waals surface area (Å²) in [7, 11) is 0. The average molecular weight is 348 g/mol. The minimum Gasteiger partial charge on any atom is -0.478 e. The molecule has 5 heteroatoms. The molecule has 0 spiro atoms. The van der Waals surface area contributed by atoms with Crippen LogP contribution < -0.4 is 5.73 Å². The number of rotatable bonds is 8. The number of benzene rings is 2. The molecule has 0 aromatic heterocycles. The fourth-order valence-electron chi connectivity index (χ4n) is 2.62. The summed E-state index contributed by atoms with van der Waals surface area (Å²) >= 11 is 5.93. The predicted molar refractivity (Wildman–Crippen MR) is 95.3 cm³/mol. The molecule has 0 aliphatic carbocycles. The van der Waals surface area contributed by atoms with Crippen LogP contribution in [-0.2, 0) is 6.42 Å². The van der Waals surface area contributed by atoms with E-state index in [0.717, 1.165) is 30.4 Å². The predicted octanol–water partition coefficient (Wildman–Crippen LogP) is 3.81. The van der Waals surface area contributed by atoms with Gasteiger partial charge in [-0.1, -0.05) is 42.3 Å². The molecule has 2 atom stereocenters. The maximum absolute atomic E-state index is 10.8. The van der Waals surface area contributed by atoms with E-state index in [9.17, 15) is 9.90 Å². The molecule has 4 nitrogen and oxygen atoms in total. The molecule has 2 aromatic rings. The molecule has 0 heterocycles. The highest BCUT2D eigenvalue weighted by atomic mass is 35.5. The number of hydrogen-bond donors (Lipinski definition) is 3. The number of aryl methyl sites for hydroxylation is 1. The third-order valence-corrected chi connectivity index (χ3v) is 4.28. The first-order valence-electron chi connectivity index (χ1n) is 7.98. The molecule has 0 aliphatic rings. The number of aliphatic hydroxyl groups is 1. The van der Waals surface area contributed by atoms with Gasteiger partial charge < -0.3 is 15.9 Å². The lowest BCUT2D eigenvalue weighted by atomic mass is 9.97. The van der Waals surface area contributed by atoms with E-state index in [2.05, 4.69) is 0 Å². The Balaban J connectivity index is 1.76. The van der Waals surface area contributed by atoms with Crippen LogP contribution in [0.5, 0.6) is 0 Å². The zero-order valence-corrected chi connectivity index (χ0v) is 14.1. The molecule has 4 N–H and O–H groups in total. The molecule has 0 bridgehead atoms. The lowest BCUT2D eigenvalue weighted by Gasteiger charge is -2.19. The van der Waals surface area contributed by atoms with Crippen LogP contribution in [0, 0.1) is 0 Å². The van der Waals surface area contributed by atoms with Crippen molar-refractivity contribution in [2.24, 2.45) is 5.73 Å². The summed E-state index contributed by atoms with van der Waals surface area (Å²) in [6.45, 7) is 0. The van der Waals surface area contributed by atoms with Gasteiger partial charge in [-0.05, 0) is 54.7 Å². The minimum atomic E-state index is -0.914. The van der Waals surface area contributed by atoms with E-state index in [0.29, 0.717) is 17.0 Å². The van der Waals surface area contributed by atoms with E-state index in [1.807, 2.05) is 18.2 Å². The van der Waals surface area contributed by atoms with Crippen LogP contribution in [-0.4, -0.2) is 22.2 Å². The van der Waals surface area contributed by atoms with E-state index in [4.69, 9.17) is 22.4 Å². The van der Waals surface area contributed by atoms with Gasteiger partial charge in [-0.25, -0.2) is 4.79 Å². The Kier molecular flexibility index (Phi) is 6.79. The highest BCUT2D eigenvalue weighted by molar-refractivity contribution is 6.30. The SMILES string of the molecule is NC(CCCCc1ccc(C(=O)O)cc1)C(O)c1cccc(Cl)c1. The van der Waals surface area contributed by atoms with E-state index in [1.165, 1.54) is 0 Å². The molecule has 128 valence electrons. The van der Waals surface area contributed by atoms with Crippen LogP contribution in [0.1, 0.15) is 46.9 Å². The van der Waals surface area contributed by atoms with Crippen molar-refractivity contribution in [2.45, 2.75) is 37.8 Å². The van der Waals surface area contributed by atoms with Gasteiger partial charge in [-0.2, -0.15) is 0 Å². The number of carbonyl (C=O) groups is 1. The highest BCUT2D eigenvalue weighted by Crippen LogP contribution is 2.22. The van der Waals surface area contributed by atoms with Gasteiger partial charge in [0, 0.05) is 11.1 Å². The van der Waals surface area contributed by atoms with Crippen molar-refractivity contribution in [3.05, 3.63) is 70.2 Å². The summed E-state index contributed by atoms with van der Waals surface area (Å²) in [4.78, 5) is 10.8. The summed E-state index contributed by atoms with van der Waals surface area (Å²) in [6.07, 6.45) is 2.67. The molecule has 0 aliphatic heterocycles. The molecule has 2 aromatic carbocycles. The summed E-state index contributed by atoms with van der Waals surface area (Å²) in [5, 5.41) is 19.7. The summed E-state index contributed by atoms with van der Waals surface area (Å²) in [5.74, 6) is -0.914. The number of carboxylic acid groups (broad SMARTS) is 1. The standard InChI is InChI=1S/C19H22ClNO3/c20-16-6-3-5-15(12-16)18(22)17(21)7-2-1-4-13-8-10-14(11-9-13)19(23)24/h3,5-6,8-12,17-18,22H,1-2,4,7,21H2,(H,23,24). The normalized spacial score (nSPS) is 13.5. The van der Waals surface area contributed by atoms with Crippen LogP contribution in [0.2, 0.25) is 5.02 Å². The number of aromatic carboxylic acids is 1. The topological polar surface area (TPSA) is 83.6 Å². The Morgan fingerprint density at radius 1 is 1.12 bits per heavy atom. The third kappa shape index (κ3) is 5.34. The van der Waals surface area contributed by atoms with Crippen LogP contribution in [0.4, 0.5) is 0 Å². The molecule has 0 amide bonds. The Labute approximate surface area is 146 Å². The van der Waals surface area contributed by atoms with Crippen molar-refractivity contribution in [3.8, 4) is 0 Å². The molecular formula is C19H22ClNO3. The summed E-state index contributed by atoms with van der Waals surface area (Å²) in [5.41, 5.74) is 8.21. The van der Waals surface area contributed by atoms with E-state index < -0.39 is 12.1 Å². The Bertz CT molecular complexity index is 673. The largest absolute Gasteiger partial charge is 0.478 e. The quantitative estimate of drug-likeness (QED) is 0.634. The maximum Gasteiger partial charge on any atom is 0.335 e. The zero-order valence-electron chi connectivity index (χ0n) is 13.4. The van der Waals surface area contributed by atoms with E-state index in [-0.39, 0.29) is 6.04 Å². The van der Waals surface area contributed by atoms with Crippen molar-refractivity contribution >= 4 is 17.6 Å². The van der Waals surface area contributed by atoms with Crippen molar-refractivity contribution < 1.29 is 15.0 Å². The van der Waals surface area contributed by atoms with Crippen LogP contribution >= 0.6 is 11.6 Å². The highest BCUT2D eigenvalue weighted by Gasteiger charge is 2.16. The summed E-state index contributed by atoms with van der Waals surface area (Å²) in [6, 6.07) is 13.7. The summed E-state index contributed by atoms with van der Waals surface area (Å²) < 4.78 is 0. The molecule has 0 saturated heterocycles.